The Morgan fingerprint density at radius 3 is 2.87 bits per heavy atom. The molecule has 0 amide bonds. The molecule has 1 aromatic heterocycles. The highest BCUT2D eigenvalue weighted by atomic mass is 32.1. The maximum Gasteiger partial charge on any atom is 0.0270 e. The molecule has 0 aliphatic carbocycles. The first-order chi connectivity index (χ1) is 7.34. The first-order valence-corrected chi connectivity index (χ1v) is 6.32. The molecular weight excluding hydrogens is 204 g/mol. The Hall–Kier alpha value is -0.640. The third kappa shape index (κ3) is 3.45. The number of rotatable bonds is 3. The monoisotopic (exact) mass is 222 g/mol. The van der Waals surface area contributed by atoms with E-state index in [4.69, 9.17) is 0 Å². The van der Waals surface area contributed by atoms with Crippen molar-refractivity contribution in [1.29, 1.82) is 0 Å². The van der Waals surface area contributed by atoms with E-state index in [0.717, 1.165) is 19.6 Å². The van der Waals surface area contributed by atoms with Crippen LogP contribution < -0.4 is 5.32 Å². The second-order valence-electron chi connectivity index (χ2n) is 3.90. The summed E-state index contributed by atoms with van der Waals surface area (Å²) in [6.07, 6.45) is 4.51. The van der Waals surface area contributed by atoms with Gasteiger partial charge >= 0.3 is 0 Å². The summed E-state index contributed by atoms with van der Waals surface area (Å²) in [5, 5.41) is 3.36. The lowest BCUT2D eigenvalue weighted by atomic mass is 10.3. The molecule has 0 saturated carbocycles. The van der Waals surface area contributed by atoms with E-state index in [0.29, 0.717) is 0 Å². The fourth-order valence-electron chi connectivity index (χ4n) is 1.75. The zero-order chi connectivity index (χ0) is 10.5. The fraction of sp³-hybridized carbons (Fsp3) is 0.500. The summed E-state index contributed by atoms with van der Waals surface area (Å²) in [4.78, 5) is 5.23. The van der Waals surface area contributed by atoms with E-state index in [1.807, 2.05) is 11.3 Å². The lowest BCUT2D eigenvalue weighted by Crippen LogP contribution is -2.43. The average Bonchev–Trinajstić information content (AvgIpc) is 2.66. The molecule has 2 nitrogen and oxygen atoms in total. The van der Waals surface area contributed by atoms with Crippen LogP contribution in [0.2, 0.25) is 0 Å². The van der Waals surface area contributed by atoms with Gasteiger partial charge in [0.1, 0.15) is 0 Å². The van der Waals surface area contributed by atoms with E-state index in [2.05, 4.69) is 41.4 Å². The summed E-state index contributed by atoms with van der Waals surface area (Å²) in [5.41, 5.74) is 0. The summed E-state index contributed by atoms with van der Waals surface area (Å²) >= 11 is 1.86. The molecule has 0 spiro atoms. The van der Waals surface area contributed by atoms with Gasteiger partial charge in [-0.05, 0) is 25.1 Å². The molecule has 0 aromatic carbocycles. The number of thiophene rings is 1. The van der Waals surface area contributed by atoms with Gasteiger partial charge in [0, 0.05) is 42.5 Å². The highest BCUT2D eigenvalue weighted by molar-refractivity contribution is 7.12. The molecule has 0 unspecified atom stereocenters. The van der Waals surface area contributed by atoms with Crippen LogP contribution in [0.4, 0.5) is 0 Å². The van der Waals surface area contributed by atoms with Gasteiger partial charge < -0.3 is 5.32 Å². The maximum absolute atomic E-state index is 3.36. The topological polar surface area (TPSA) is 15.3 Å². The van der Waals surface area contributed by atoms with E-state index in [-0.39, 0.29) is 0 Å². The first-order valence-electron chi connectivity index (χ1n) is 5.50. The van der Waals surface area contributed by atoms with Crippen LogP contribution in [-0.2, 0) is 0 Å². The minimum absolute atomic E-state index is 1.08. The fourth-order valence-corrected chi connectivity index (χ4v) is 2.56. The lowest BCUT2D eigenvalue weighted by Gasteiger charge is -2.25. The number of aryl methyl sites for hydroxylation is 1. The highest BCUT2D eigenvalue weighted by Gasteiger charge is 2.06. The van der Waals surface area contributed by atoms with Gasteiger partial charge in [0.2, 0.25) is 0 Å². The van der Waals surface area contributed by atoms with Gasteiger partial charge in [0.15, 0.2) is 0 Å². The zero-order valence-electron chi connectivity index (χ0n) is 9.20. The van der Waals surface area contributed by atoms with Crippen LogP contribution in [0.1, 0.15) is 9.75 Å². The SMILES string of the molecule is Cc1ccc(/C=C\CN2CCNCC2)s1. The smallest absolute Gasteiger partial charge is 0.0270 e. The second-order valence-corrected chi connectivity index (χ2v) is 5.22. The summed E-state index contributed by atoms with van der Waals surface area (Å²) < 4.78 is 0. The van der Waals surface area contributed by atoms with Gasteiger partial charge in [-0.15, -0.1) is 11.3 Å². The Kier molecular flexibility index (Phi) is 3.94. The largest absolute Gasteiger partial charge is 0.314 e. The van der Waals surface area contributed by atoms with Gasteiger partial charge in [0.05, 0.1) is 0 Å². The molecule has 0 radical (unpaired) electrons. The van der Waals surface area contributed by atoms with Crippen molar-refractivity contribution in [2.24, 2.45) is 0 Å². The summed E-state index contributed by atoms with van der Waals surface area (Å²) in [7, 11) is 0. The van der Waals surface area contributed by atoms with Crippen molar-refractivity contribution in [3.63, 3.8) is 0 Å². The van der Waals surface area contributed by atoms with Gasteiger partial charge in [-0.3, -0.25) is 4.90 Å². The molecule has 2 heterocycles. The Balaban J connectivity index is 1.79. The normalized spacial score (nSPS) is 18.7. The molecule has 15 heavy (non-hydrogen) atoms. The molecule has 1 saturated heterocycles. The van der Waals surface area contributed by atoms with E-state index in [9.17, 15) is 0 Å². The minimum Gasteiger partial charge on any atom is -0.314 e. The van der Waals surface area contributed by atoms with Gasteiger partial charge in [-0.1, -0.05) is 6.08 Å². The molecule has 3 heteroatoms. The van der Waals surface area contributed by atoms with E-state index >= 15 is 0 Å². The molecular formula is C12H18N2S. The number of hydrogen-bond donors (Lipinski definition) is 1. The molecule has 1 aromatic rings. The Labute approximate surface area is 95.6 Å². The Morgan fingerprint density at radius 1 is 1.40 bits per heavy atom. The van der Waals surface area contributed by atoms with Crippen LogP contribution >= 0.6 is 11.3 Å². The predicted octanol–water partition coefficient (Wildman–Crippen LogP) is 1.97. The molecule has 1 N–H and O–H groups in total. The first kappa shape index (κ1) is 10.9. The average molecular weight is 222 g/mol. The molecule has 1 fully saturated rings. The second kappa shape index (κ2) is 5.45. The van der Waals surface area contributed by atoms with Crippen molar-refractivity contribution >= 4 is 17.4 Å². The summed E-state index contributed by atoms with van der Waals surface area (Å²) in [5.74, 6) is 0. The van der Waals surface area contributed by atoms with Crippen LogP contribution in [-0.4, -0.2) is 37.6 Å². The molecule has 0 bridgehead atoms. The quantitative estimate of drug-likeness (QED) is 0.841. The lowest BCUT2D eigenvalue weighted by molar-refractivity contribution is 0.265. The van der Waals surface area contributed by atoms with Crippen LogP contribution in [0.5, 0.6) is 0 Å². The van der Waals surface area contributed by atoms with Gasteiger partial charge in [0.25, 0.3) is 0 Å². The molecule has 82 valence electrons. The zero-order valence-corrected chi connectivity index (χ0v) is 10.0. The molecule has 0 atom stereocenters. The molecule has 2 rings (SSSR count). The number of hydrogen-bond acceptors (Lipinski definition) is 3. The van der Waals surface area contributed by atoms with Crippen LogP contribution in [0, 0.1) is 6.92 Å². The van der Waals surface area contributed by atoms with Crippen molar-refractivity contribution in [3.05, 3.63) is 28.0 Å². The van der Waals surface area contributed by atoms with E-state index < -0.39 is 0 Å². The van der Waals surface area contributed by atoms with Crippen molar-refractivity contribution < 1.29 is 0 Å². The van der Waals surface area contributed by atoms with Crippen molar-refractivity contribution in [2.45, 2.75) is 6.92 Å². The minimum atomic E-state index is 1.08. The highest BCUT2D eigenvalue weighted by Crippen LogP contribution is 2.16. The van der Waals surface area contributed by atoms with Crippen molar-refractivity contribution in [2.75, 3.05) is 32.7 Å². The van der Waals surface area contributed by atoms with Crippen LogP contribution in [0.3, 0.4) is 0 Å². The van der Waals surface area contributed by atoms with E-state index in [1.165, 1.54) is 22.8 Å². The number of piperazine rings is 1. The third-order valence-electron chi connectivity index (χ3n) is 2.62. The third-order valence-corrected chi connectivity index (χ3v) is 3.58. The predicted molar refractivity (Wildman–Crippen MR) is 67.4 cm³/mol. The van der Waals surface area contributed by atoms with Crippen molar-refractivity contribution in [3.8, 4) is 0 Å². The maximum atomic E-state index is 3.36. The Bertz CT molecular complexity index is 324. The van der Waals surface area contributed by atoms with Crippen molar-refractivity contribution in [1.82, 2.24) is 10.2 Å². The summed E-state index contributed by atoms with van der Waals surface area (Å²) in [6, 6.07) is 4.36. The van der Waals surface area contributed by atoms with E-state index in [1.54, 1.807) is 0 Å². The van der Waals surface area contributed by atoms with Crippen LogP contribution in [0.15, 0.2) is 18.2 Å². The number of nitrogens with zero attached hydrogens (tertiary/aromatic N) is 1. The summed E-state index contributed by atoms with van der Waals surface area (Å²) in [6.45, 7) is 7.84. The standard InChI is InChI=1S/C12H18N2S/c1-11-4-5-12(15-11)3-2-8-14-9-6-13-7-10-14/h2-5,13H,6-10H2,1H3/b3-2-. The molecule has 1 aliphatic heterocycles. The number of nitrogens with one attached hydrogen (secondary N) is 1. The van der Waals surface area contributed by atoms with Gasteiger partial charge in [-0.25, -0.2) is 0 Å². The Morgan fingerprint density at radius 2 is 2.20 bits per heavy atom. The molecule has 1 aliphatic rings. The van der Waals surface area contributed by atoms with Crippen LogP contribution in [0.25, 0.3) is 6.08 Å². The van der Waals surface area contributed by atoms with Gasteiger partial charge in [-0.2, -0.15) is 0 Å².